The van der Waals surface area contributed by atoms with Gasteiger partial charge in [0.15, 0.2) is 5.69 Å². The number of carboxylic acids is 1. The Morgan fingerprint density at radius 1 is 1.37 bits per heavy atom. The van der Waals surface area contributed by atoms with E-state index < -0.39 is 16.3 Å². The Kier molecular flexibility index (Phi) is 3.90. The molecule has 10 heteroatoms. The maximum Gasteiger partial charge on any atom is 0.311 e. The molecule has 2 atom stereocenters. The fraction of sp³-hybridized carbons (Fsp3) is 0.412. The molecular formula is C17H17N5O5. The van der Waals surface area contributed by atoms with Crippen LogP contribution in [-0.4, -0.2) is 54.9 Å². The number of amides is 1. The lowest BCUT2D eigenvalue weighted by atomic mass is 9.81. The predicted molar refractivity (Wildman–Crippen MR) is 91.3 cm³/mol. The Bertz CT molecular complexity index is 941. The van der Waals surface area contributed by atoms with E-state index in [1.807, 2.05) is 0 Å². The number of nitrogens with zero attached hydrogens (tertiary/aromatic N) is 5. The van der Waals surface area contributed by atoms with Crippen LogP contribution >= 0.6 is 0 Å². The molecule has 0 radical (unpaired) electrons. The van der Waals surface area contributed by atoms with Gasteiger partial charge in [-0.2, -0.15) is 0 Å². The second kappa shape index (κ2) is 6.15. The van der Waals surface area contributed by atoms with Crippen LogP contribution in [0, 0.1) is 21.4 Å². The highest BCUT2D eigenvalue weighted by Gasteiger charge is 2.56. The number of nitro groups is 1. The summed E-state index contributed by atoms with van der Waals surface area (Å²) in [5.41, 5.74) is -0.448. The third kappa shape index (κ3) is 2.73. The van der Waals surface area contributed by atoms with Crippen LogP contribution in [0.25, 0.3) is 5.69 Å². The molecule has 0 unspecified atom stereocenters. The minimum absolute atomic E-state index is 0.0363. The van der Waals surface area contributed by atoms with Crippen molar-refractivity contribution in [1.82, 2.24) is 19.9 Å². The van der Waals surface area contributed by atoms with Crippen molar-refractivity contribution in [1.29, 1.82) is 0 Å². The zero-order valence-electron chi connectivity index (χ0n) is 14.3. The molecule has 1 N–H and O–H groups in total. The lowest BCUT2D eigenvalue weighted by Gasteiger charge is -2.22. The summed E-state index contributed by atoms with van der Waals surface area (Å²) in [7, 11) is 0. The van der Waals surface area contributed by atoms with Gasteiger partial charge in [0.25, 0.3) is 11.6 Å². The van der Waals surface area contributed by atoms with Gasteiger partial charge in [-0.3, -0.25) is 19.7 Å². The molecular weight excluding hydrogens is 354 g/mol. The quantitative estimate of drug-likeness (QED) is 0.636. The summed E-state index contributed by atoms with van der Waals surface area (Å²) in [5.74, 6) is -1.26. The fourth-order valence-electron chi connectivity index (χ4n) is 4.19. The summed E-state index contributed by atoms with van der Waals surface area (Å²) in [6, 6.07) is 5.84. The maximum atomic E-state index is 12.8. The summed E-state index contributed by atoms with van der Waals surface area (Å²) in [6.45, 7) is 0.574. The van der Waals surface area contributed by atoms with Crippen molar-refractivity contribution in [2.45, 2.75) is 19.3 Å². The van der Waals surface area contributed by atoms with Gasteiger partial charge in [-0.25, -0.2) is 4.68 Å². The number of carboxylic acid groups (broad SMARTS) is 1. The number of carbonyl (C=O) groups excluding carboxylic acids is 1. The monoisotopic (exact) mass is 371 g/mol. The fourth-order valence-corrected chi connectivity index (χ4v) is 4.19. The van der Waals surface area contributed by atoms with Crippen LogP contribution in [0.1, 0.15) is 29.8 Å². The molecule has 2 fully saturated rings. The van der Waals surface area contributed by atoms with E-state index in [0.29, 0.717) is 18.7 Å². The molecule has 2 aliphatic rings. The minimum atomic E-state index is -0.855. The van der Waals surface area contributed by atoms with E-state index >= 15 is 0 Å². The first-order valence-electron chi connectivity index (χ1n) is 8.60. The first-order chi connectivity index (χ1) is 12.9. The highest BCUT2D eigenvalue weighted by molar-refractivity contribution is 5.93. The molecule has 10 nitrogen and oxygen atoms in total. The van der Waals surface area contributed by atoms with Crippen LogP contribution in [0.15, 0.2) is 30.5 Å². The second-order valence-electron chi connectivity index (χ2n) is 7.06. The smallest absolute Gasteiger partial charge is 0.311 e. The summed E-state index contributed by atoms with van der Waals surface area (Å²) in [5, 5.41) is 28.3. The molecule has 1 aromatic carbocycles. The molecule has 1 aliphatic carbocycles. The molecule has 2 aromatic rings. The average molecular weight is 371 g/mol. The number of carbonyl (C=O) groups is 2. The molecule has 140 valence electrons. The van der Waals surface area contributed by atoms with E-state index in [4.69, 9.17) is 0 Å². The van der Waals surface area contributed by atoms with Crippen molar-refractivity contribution in [2.75, 3.05) is 13.1 Å². The van der Waals surface area contributed by atoms with Gasteiger partial charge >= 0.3 is 5.97 Å². The van der Waals surface area contributed by atoms with Gasteiger partial charge in [-0.15, -0.1) is 5.10 Å². The lowest BCUT2D eigenvalue weighted by molar-refractivity contribution is -0.384. The molecule has 27 heavy (non-hydrogen) atoms. The largest absolute Gasteiger partial charge is 0.481 e. The van der Waals surface area contributed by atoms with Crippen molar-refractivity contribution in [3.63, 3.8) is 0 Å². The highest BCUT2D eigenvalue weighted by Crippen LogP contribution is 2.49. The van der Waals surface area contributed by atoms with E-state index in [1.165, 1.54) is 34.0 Å². The van der Waals surface area contributed by atoms with E-state index in [9.17, 15) is 24.8 Å². The number of aromatic nitrogens is 3. The van der Waals surface area contributed by atoms with Gasteiger partial charge in [0.05, 0.1) is 22.2 Å². The second-order valence-corrected chi connectivity index (χ2v) is 7.06. The van der Waals surface area contributed by atoms with Crippen LogP contribution in [0.3, 0.4) is 0 Å². The summed E-state index contributed by atoms with van der Waals surface area (Å²) in [6.07, 6.45) is 3.65. The third-order valence-corrected chi connectivity index (χ3v) is 5.60. The molecule has 1 saturated carbocycles. The van der Waals surface area contributed by atoms with Crippen LogP contribution < -0.4 is 0 Å². The lowest BCUT2D eigenvalue weighted by Crippen LogP contribution is -2.37. The van der Waals surface area contributed by atoms with Crippen LogP contribution in [0.4, 0.5) is 5.69 Å². The van der Waals surface area contributed by atoms with Crippen molar-refractivity contribution in [2.24, 2.45) is 11.3 Å². The van der Waals surface area contributed by atoms with Crippen LogP contribution in [0.2, 0.25) is 0 Å². The number of rotatable bonds is 4. The van der Waals surface area contributed by atoms with Gasteiger partial charge in [0.2, 0.25) is 0 Å². The standard InChI is InChI=1S/C17H17N5O5/c23-15(20-8-11-3-2-6-17(11,10-20)16(24)25)14-9-21(19-18-14)12-4-1-5-13(7-12)22(26)27/h1,4-5,7,9,11H,2-3,6,8,10H2,(H,24,25)/t11-,17+/m0/s1. The van der Waals surface area contributed by atoms with E-state index in [2.05, 4.69) is 10.3 Å². The maximum absolute atomic E-state index is 12.8. The SMILES string of the molecule is O=C(c1cn(-c2cccc([N+](=O)[O-])c2)nn1)N1C[C@@H]2CCC[C@@]2(C(=O)O)C1. The Morgan fingerprint density at radius 2 is 2.19 bits per heavy atom. The minimum Gasteiger partial charge on any atom is -0.481 e. The predicted octanol–water partition coefficient (Wildman–Crippen LogP) is 1.50. The number of hydrogen-bond acceptors (Lipinski definition) is 6. The van der Waals surface area contributed by atoms with Gasteiger partial charge < -0.3 is 10.0 Å². The number of nitro benzene ring substituents is 1. The van der Waals surface area contributed by atoms with E-state index in [-0.39, 0.29) is 29.8 Å². The summed E-state index contributed by atoms with van der Waals surface area (Å²) >= 11 is 0. The third-order valence-electron chi connectivity index (χ3n) is 5.60. The van der Waals surface area contributed by atoms with Gasteiger partial charge in [0, 0.05) is 25.2 Å². The Hall–Kier alpha value is -3.30. The molecule has 1 saturated heterocycles. The number of benzene rings is 1. The molecule has 0 spiro atoms. The molecule has 1 amide bonds. The van der Waals surface area contributed by atoms with Crippen molar-refractivity contribution in [3.05, 3.63) is 46.3 Å². The molecule has 0 bridgehead atoms. The normalized spacial score (nSPS) is 24.0. The summed E-state index contributed by atoms with van der Waals surface area (Å²) in [4.78, 5) is 36.5. The van der Waals surface area contributed by atoms with Crippen molar-refractivity contribution < 1.29 is 19.6 Å². The zero-order valence-corrected chi connectivity index (χ0v) is 14.3. The van der Waals surface area contributed by atoms with E-state index in [1.54, 1.807) is 6.07 Å². The number of aliphatic carboxylic acids is 1. The van der Waals surface area contributed by atoms with E-state index in [0.717, 1.165) is 12.8 Å². The number of fused-ring (bicyclic) bond motifs is 1. The Morgan fingerprint density at radius 3 is 2.89 bits per heavy atom. The van der Waals surface area contributed by atoms with Gasteiger partial charge in [0.1, 0.15) is 0 Å². The van der Waals surface area contributed by atoms with Crippen molar-refractivity contribution >= 4 is 17.6 Å². The molecule has 1 aliphatic heterocycles. The Labute approximate surface area is 153 Å². The Balaban J connectivity index is 1.56. The van der Waals surface area contributed by atoms with Crippen molar-refractivity contribution in [3.8, 4) is 5.69 Å². The zero-order chi connectivity index (χ0) is 19.2. The molecule has 4 rings (SSSR count). The number of non-ortho nitro benzene ring substituents is 1. The summed E-state index contributed by atoms with van der Waals surface area (Å²) < 4.78 is 1.30. The van der Waals surface area contributed by atoms with Crippen LogP contribution in [0.5, 0.6) is 0 Å². The number of likely N-dealkylation sites (tertiary alicyclic amines) is 1. The van der Waals surface area contributed by atoms with Crippen LogP contribution in [-0.2, 0) is 4.79 Å². The first-order valence-corrected chi connectivity index (χ1v) is 8.60. The average Bonchev–Trinajstić information content (AvgIpc) is 3.35. The number of hydrogen-bond donors (Lipinski definition) is 1. The highest BCUT2D eigenvalue weighted by atomic mass is 16.6. The topological polar surface area (TPSA) is 131 Å². The van der Waals surface area contributed by atoms with Gasteiger partial charge in [-0.05, 0) is 24.8 Å². The van der Waals surface area contributed by atoms with Gasteiger partial charge in [-0.1, -0.05) is 17.7 Å². The first kappa shape index (κ1) is 17.1. The molecule has 2 heterocycles. The molecule has 1 aromatic heterocycles.